The molecule has 0 aromatic rings. The molecular formula is C10H17N3. The van der Waals surface area contributed by atoms with Gasteiger partial charge in [-0.3, -0.25) is 4.90 Å². The van der Waals surface area contributed by atoms with Crippen LogP contribution in [0, 0.1) is 17.2 Å². The van der Waals surface area contributed by atoms with Crippen LogP contribution >= 0.6 is 0 Å². The molecule has 0 N–H and O–H groups in total. The first-order valence-corrected chi connectivity index (χ1v) is 5.12. The van der Waals surface area contributed by atoms with Crippen LogP contribution in [0.3, 0.4) is 0 Å². The molecule has 2 rings (SSSR count). The summed E-state index contributed by atoms with van der Waals surface area (Å²) in [5, 5.41) is 8.79. The highest BCUT2D eigenvalue weighted by Gasteiger charge is 2.31. The summed E-state index contributed by atoms with van der Waals surface area (Å²) in [6.45, 7) is 4.56. The minimum atomic E-state index is 0.297. The Morgan fingerprint density at radius 3 is 2.62 bits per heavy atom. The van der Waals surface area contributed by atoms with Gasteiger partial charge in [0.25, 0.3) is 0 Å². The zero-order chi connectivity index (χ0) is 9.26. The molecule has 2 aliphatic heterocycles. The van der Waals surface area contributed by atoms with E-state index in [-0.39, 0.29) is 0 Å². The first kappa shape index (κ1) is 8.98. The van der Waals surface area contributed by atoms with Gasteiger partial charge in [0.15, 0.2) is 0 Å². The van der Waals surface area contributed by atoms with E-state index < -0.39 is 0 Å². The normalized spacial score (nSPS) is 36.6. The molecule has 2 saturated heterocycles. The molecule has 0 spiro atoms. The summed E-state index contributed by atoms with van der Waals surface area (Å²) in [6.07, 6.45) is 2.37. The highest BCUT2D eigenvalue weighted by molar-refractivity contribution is 4.94. The Morgan fingerprint density at radius 2 is 2.08 bits per heavy atom. The maximum Gasteiger partial charge on any atom is 0.0669 e. The van der Waals surface area contributed by atoms with Gasteiger partial charge in [-0.2, -0.15) is 5.26 Å². The van der Waals surface area contributed by atoms with Crippen molar-refractivity contribution in [2.24, 2.45) is 5.92 Å². The van der Waals surface area contributed by atoms with E-state index in [2.05, 4.69) is 22.9 Å². The molecule has 0 aliphatic carbocycles. The molecule has 2 fully saturated rings. The number of rotatable bonds is 1. The van der Waals surface area contributed by atoms with Crippen LogP contribution in [0.25, 0.3) is 0 Å². The van der Waals surface area contributed by atoms with Crippen molar-refractivity contribution in [3.8, 4) is 6.07 Å². The maximum absolute atomic E-state index is 8.79. The molecule has 72 valence electrons. The van der Waals surface area contributed by atoms with Gasteiger partial charge in [0.05, 0.1) is 12.0 Å². The summed E-state index contributed by atoms with van der Waals surface area (Å²) in [5.74, 6) is 0.297. The predicted molar refractivity (Wildman–Crippen MR) is 51.2 cm³/mol. The number of hydrogen-bond acceptors (Lipinski definition) is 3. The Hall–Kier alpha value is -0.590. The SMILES string of the molecule is CN1CCC(N2CCC(C#N)C2)C1. The van der Waals surface area contributed by atoms with Gasteiger partial charge in [-0.25, -0.2) is 0 Å². The van der Waals surface area contributed by atoms with Crippen LogP contribution < -0.4 is 0 Å². The second kappa shape index (κ2) is 3.65. The quantitative estimate of drug-likeness (QED) is 0.588. The van der Waals surface area contributed by atoms with Crippen LogP contribution in [-0.4, -0.2) is 49.1 Å². The summed E-state index contributed by atoms with van der Waals surface area (Å²) >= 11 is 0. The first-order chi connectivity index (χ1) is 6.29. The Bertz CT molecular complexity index is 221. The van der Waals surface area contributed by atoms with E-state index in [0.717, 1.165) is 25.6 Å². The minimum absolute atomic E-state index is 0.297. The van der Waals surface area contributed by atoms with Crippen molar-refractivity contribution < 1.29 is 0 Å². The van der Waals surface area contributed by atoms with Gasteiger partial charge in [0, 0.05) is 19.1 Å². The lowest BCUT2D eigenvalue weighted by Gasteiger charge is -2.22. The van der Waals surface area contributed by atoms with Crippen LogP contribution in [0.1, 0.15) is 12.8 Å². The van der Waals surface area contributed by atoms with Gasteiger partial charge in [-0.15, -0.1) is 0 Å². The topological polar surface area (TPSA) is 30.3 Å². The van der Waals surface area contributed by atoms with Crippen molar-refractivity contribution in [3.63, 3.8) is 0 Å². The Balaban J connectivity index is 1.86. The van der Waals surface area contributed by atoms with Gasteiger partial charge in [0.2, 0.25) is 0 Å². The summed E-state index contributed by atoms with van der Waals surface area (Å²) in [6, 6.07) is 3.10. The zero-order valence-electron chi connectivity index (χ0n) is 8.24. The van der Waals surface area contributed by atoms with Crippen LogP contribution in [0.15, 0.2) is 0 Å². The second-order valence-electron chi connectivity index (χ2n) is 4.31. The van der Waals surface area contributed by atoms with Gasteiger partial charge in [-0.1, -0.05) is 0 Å². The molecule has 0 bridgehead atoms. The van der Waals surface area contributed by atoms with Crippen molar-refractivity contribution in [2.75, 3.05) is 33.2 Å². The van der Waals surface area contributed by atoms with Crippen LogP contribution in [0.2, 0.25) is 0 Å². The van der Waals surface area contributed by atoms with Crippen molar-refractivity contribution in [3.05, 3.63) is 0 Å². The van der Waals surface area contributed by atoms with E-state index in [1.807, 2.05) is 0 Å². The number of nitriles is 1. The maximum atomic E-state index is 8.79. The second-order valence-corrected chi connectivity index (χ2v) is 4.31. The van der Waals surface area contributed by atoms with E-state index in [0.29, 0.717) is 5.92 Å². The summed E-state index contributed by atoms with van der Waals surface area (Å²) in [4.78, 5) is 4.88. The zero-order valence-corrected chi connectivity index (χ0v) is 8.24. The average molecular weight is 179 g/mol. The molecule has 0 aromatic carbocycles. The van der Waals surface area contributed by atoms with E-state index >= 15 is 0 Å². The lowest BCUT2D eigenvalue weighted by atomic mass is 10.1. The lowest BCUT2D eigenvalue weighted by Crippen LogP contribution is -2.35. The molecule has 2 unspecified atom stereocenters. The fourth-order valence-electron chi connectivity index (χ4n) is 2.43. The highest BCUT2D eigenvalue weighted by atomic mass is 15.3. The van der Waals surface area contributed by atoms with Gasteiger partial charge in [-0.05, 0) is 33.0 Å². The summed E-state index contributed by atoms with van der Waals surface area (Å²) in [5.41, 5.74) is 0. The summed E-state index contributed by atoms with van der Waals surface area (Å²) in [7, 11) is 2.18. The van der Waals surface area contributed by atoms with E-state index in [1.54, 1.807) is 0 Å². The third kappa shape index (κ3) is 1.84. The molecule has 2 atom stereocenters. The fraction of sp³-hybridized carbons (Fsp3) is 0.900. The molecule has 0 aromatic heterocycles. The largest absolute Gasteiger partial charge is 0.305 e. The van der Waals surface area contributed by atoms with E-state index in [9.17, 15) is 0 Å². The van der Waals surface area contributed by atoms with Gasteiger partial charge >= 0.3 is 0 Å². The van der Waals surface area contributed by atoms with Crippen molar-refractivity contribution in [1.29, 1.82) is 5.26 Å². The molecule has 3 nitrogen and oxygen atoms in total. The highest BCUT2D eigenvalue weighted by Crippen LogP contribution is 2.22. The Morgan fingerprint density at radius 1 is 1.23 bits per heavy atom. The predicted octanol–water partition coefficient (Wildman–Crippen LogP) is 0.536. The van der Waals surface area contributed by atoms with E-state index in [4.69, 9.17) is 5.26 Å². The third-order valence-corrected chi connectivity index (χ3v) is 3.29. The molecule has 13 heavy (non-hydrogen) atoms. The van der Waals surface area contributed by atoms with Gasteiger partial charge in [0.1, 0.15) is 0 Å². The molecule has 2 aliphatic rings. The summed E-state index contributed by atoms with van der Waals surface area (Å²) < 4.78 is 0. The smallest absolute Gasteiger partial charge is 0.0669 e. The molecule has 3 heteroatoms. The lowest BCUT2D eigenvalue weighted by molar-refractivity contribution is 0.238. The van der Waals surface area contributed by atoms with Crippen molar-refractivity contribution in [2.45, 2.75) is 18.9 Å². The van der Waals surface area contributed by atoms with Crippen LogP contribution in [-0.2, 0) is 0 Å². The number of likely N-dealkylation sites (tertiary alicyclic amines) is 2. The van der Waals surface area contributed by atoms with Crippen LogP contribution in [0.4, 0.5) is 0 Å². The molecule has 0 radical (unpaired) electrons. The number of likely N-dealkylation sites (N-methyl/N-ethyl adjacent to an activating group) is 1. The van der Waals surface area contributed by atoms with E-state index in [1.165, 1.54) is 19.5 Å². The van der Waals surface area contributed by atoms with Crippen molar-refractivity contribution in [1.82, 2.24) is 9.80 Å². The standard InChI is InChI=1S/C10H17N3/c1-12-4-3-10(8-12)13-5-2-9(6-11)7-13/h9-10H,2-5,7-8H2,1H3. The Labute approximate surface area is 79.9 Å². The fourth-order valence-corrected chi connectivity index (χ4v) is 2.43. The average Bonchev–Trinajstić information content (AvgIpc) is 2.71. The number of hydrogen-bond donors (Lipinski definition) is 0. The van der Waals surface area contributed by atoms with Crippen LogP contribution in [0.5, 0.6) is 0 Å². The van der Waals surface area contributed by atoms with Gasteiger partial charge < -0.3 is 4.90 Å². The molecule has 0 saturated carbocycles. The minimum Gasteiger partial charge on any atom is -0.305 e. The molecule has 2 heterocycles. The molecule has 0 amide bonds. The molecular weight excluding hydrogens is 162 g/mol. The first-order valence-electron chi connectivity index (χ1n) is 5.12. The number of nitrogens with zero attached hydrogens (tertiary/aromatic N) is 3. The third-order valence-electron chi connectivity index (χ3n) is 3.29. The monoisotopic (exact) mass is 179 g/mol. The Kier molecular flexibility index (Phi) is 2.52. The van der Waals surface area contributed by atoms with Crippen molar-refractivity contribution >= 4 is 0 Å².